The van der Waals surface area contributed by atoms with Gasteiger partial charge in [0.15, 0.2) is 0 Å². The number of anilines is 1. The van der Waals surface area contributed by atoms with Gasteiger partial charge in [0.1, 0.15) is 0 Å². The van der Waals surface area contributed by atoms with Crippen molar-refractivity contribution >= 4 is 36.4 Å². The van der Waals surface area contributed by atoms with Gasteiger partial charge in [0.2, 0.25) is 0 Å². The summed E-state index contributed by atoms with van der Waals surface area (Å²) in [5.41, 5.74) is 9.05. The second-order valence-electron chi connectivity index (χ2n) is 6.43. The number of benzene rings is 1. The molecule has 2 aliphatic rings. The van der Waals surface area contributed by atoms with Crippen molar-refractivity contribution in [1.29, 1.82) is 0 Å². The Kier molecular flexibility index (Phi) is 7.65. The zero-order valence-electron chi connectivity index (χ0n) is 13.6. The van der Waals surface area contributed by atoms with Gasteiger partial charge in [-0.25, -0.2) is 0 Å². The predicted octanol–water partition coefficient (Wildman–Crippen LogP) is 2.91. The van der Waals surface area contributed by atoms with E-state index in [2.05, 4.69) is 22.3 Å². The van der Waals surface area contributed by atoms with Crippen LogP contribution in [0.1, 0.15) is 41.6 Å². The van der Waals surface area contributed by atoms with Crippen molar-refractivity contribution in [3.8, 4) is 0 Å². The average Bonchev–Trinajstić information content (AvgIpc) is 3.20. The van der Waals surface area contributed by atoms with E-state index in [1.165, 1.54) is 25.7 Å². The highest BCUT2D eigenvalue weighted by Gasteiger charge is 2.29. The maximum absolute atomic E-state index is 12.5. The molecule has 1 aliphatic carbocycles. The third-order valence-electron chi connectivity index (χ3n) is 4.57. The fourth-order valence-electron chi connectivity index (χ4n) is 3.06. The molecule has 3 N–H and O–H groups in total. The summed E-state index contributed by atoms with van der Waals surface area (Å²) >= 11 is 0. The highest BCUT2D eigenvalue weighted by atomic mass is 35.5. The SMILES string of the molecule is Cc1ccc(N2CCCC2)c(C(=O)NCC(N)C2CC2)c1.Cl.Cl. The van der Waals surface area contributed by atoms with Gasteiger partial charge in [-0.1, -0.05) is 11.6 Å². The zero-order valence-corrected chi connectivity index (χ0v) is 15.2. The fraction of sp³-hybridized carbons (Fsp3) is 0.588. The molecule has 130 valence electrons. The maximum Gasteiger partial charge on any atom is 0.253 e. The molecule has 0 spiro atoms. The Balaban J connectivity index is 0.00000132. The molecule has 6 heteroatoms. The first kappa shape index (κ1) is 20.1. The number of hydrogen-bond acceptors (Lipinski definition) is 3. The van der Waals surface area contributed by atoms with E-state index in [0.29, 0.717) is 12.5 Å². The van der Waals surface area contributed by atoms with Crippen molar-refractivity contribution in [3.63, 3.8) is 0 Å². The second-order valence-corrected chi connectivity index (χ2v) is 6.43. The number of hydrogen-bond donors (Lipinski definition) is 2. The summed E-state index contributed by atoms with van der Waals surface area (Å²) in [7, 11) is 0. The predicted molar refractivity (Wildman–Crippen MR) is 100 cm³/mol. The highest BCUT2D eigenvalue weighted by molar-refractivity contribution is 6.00. The third-order valence-corrected chi connectivity index (χ3v) is 4.57. The lowest BCUT2D eigenvalue weighted by Gasteiger charge is -2.22. The molecule has 23 heavy (non-hydrogen) atoms. The van der Waals surface area contributed by atoms with Crippen molar-refractivity contribution in [2.75, 3.05) is 24.5 Å². The lowest BCUT2D eigenvalue weighted by molar-refractivity contribution is 0.0950. The smallest absolute Gasteiger partial charge is 0.253 e. The van der Waals surface area contributed by atoms with Crippen LogP contribution in [0.2, 0.25) is 0 Å². The van der Waals surface area contributed by atoms with Gasteiger partial charge < -0.3 is 16.0 Å². The topological polar surface area (TPSA) is 58.4 Å². The molecule has 1 unspecified atom stereocenters. The van der Waals surface area contributed by atoms with Crippen LogP contribution >= 0.6 is 24.8 Å². The number of nitrogens with zero attached hydrogens (tertiary/aromatic N) is 1. The number of carbonyl (C=O) groups is 1. The van der Waals surface area contributed by atoms with Crippen LogP contribution in [0.15, 0.2) is 18.2 Å². The lowest BCUT2D eigenvalue weighted by Crippen LogP contribution is -2.39. The highest BCUT2D eigenvalue weighted by Crippen LogP contribution is 2.31. The largest absolute Gasteiger partial charge is 0.371 e. The third kappa shape index (κ3) is 5.00. The number of carbonyl (C=O) groups excluding carboxylic acids is 1. The van der Waals surface area contributed by atoms with Crippen LogP contribution in [0.25, 0.3) is 0 Å². The molecule has 2 fully saturated rings. The van der Waals surface area contributed by atoms with Crippen LogP contribution in [0.4, 0.5) is 5.69 Å². The van der Waals surface area contributed by atoms with E-state index >= 15 is 0 Å². The van der Waals surface area contributed by atoms with Crippen molar-refractivity contribution in [3.05, 3.63) is 29.3 Å². The molecule has 1 aromatic rings. The van der Waals surface area contributed by atoms with Gasteiger partial charge in [-0.2, -0.15) is 0 Å². The number of aryl methyl sites for hydroxylation is 1. The molecular formula is C17H27Cl2N3O. The summed E-state index contributed by atoms with van der Waals surface area (Å²) in [5, 5.41) is 3.02. The average molecular weight is 360 g/mol. The summed E-state index contributed by atoms with van der Waals surface area (Å²) in [6.07, 6.45) is 4.84. The molecule has 1 amide bonds. The Morgan fingerprint density at radius 3 is 2.57 bits per heavy atom. The van der Waals surface area contributed by atoms with E-state index in [-0.39, 0.29) is 36.8 Å². The van der Waals surface area contributed by atoms with Gasteiger partial charge in [-0.05, 0) is 50.7 Å². The molecule has 4 nitrogen and oxygen atoms in total. The van der Waals surface area contributed by atoms with E-state index in [4.69, 9.17) is 5.73 Å². The molecule has 0 radical (unpaired) electrons. The van der Waals surface area contributed by atoms with E-state index in [0.717, 1.165) is 29.9 Å². The van der Waals surface area contributed by atoms with Crippen molar-refractivity contribution in [2.45, 2.75) is 38.6 Å². The lowest BCUT2D eigenvalue weighted by atomic mass is 10.1. The van der Waals surface area contributed by atoms with Crippen LogP contribution in [0, 0.1) is 12.8 Å². The number of nitrogens with one attached hydrogen (secondary N) is 1. The number of rotatable bonds is 5. The van der Waals surface area contributed by atoms with Crippen LogP contribution < -0.4 is 16.0 Å². The van der Waals surface area contributed by atoms with Gasteiger partial charge in [-0.15, -0.1) is 24.8 Å². The Hall–Kier alpha value is -0.970. The van der Waals surface area contributed by atoms with E-state index in [9.17, 15) is 4.79 Å². The van der Waals surface area contributed by atoms with E-state index < -0.39 is 0 Å². The minimum atomic E-state index is 0. The van der Waals surface area contributed by atoms with Crippen molar-refractivity contribution in [2.24, 2.45) is 11.7 Å². The van der Waals surface area contributed by atoms with Gasteiger partial charge in [0.25, 0.3) is 5.91 Å². The Bertz CT molecular complexity index is 529. The van der Waals surface area contributed by atoms with E-state index in [1.807, 2.05) is 13.0 Å². The first-order valence-corrected chi connectivity index (χ1v) is 8.04. The number of nitrogens with two attached hydrogens (primary N) is 1. The summed E-state index contributed by atoms with van der Waals surface area (Å²) in [4.78, 5) is 14.8. The Labute approximate surface area is 151 Å². The van der Waals surface area contributed by atoms with Crippen LogP contribution in [0.5, 0.6) is 0 Å². The Morgan fingerprint density at radius 1 is 1.30 bits per heavy atom. The molecule has 3 rings (SSSR count). The van der Waals surface area contributed by atoms with Gasteiger partial charge in [0, 0.05) is 31.4 Å². The summed E-state index contributed by atoms with van der Waals surface area (Å²) in [6, 6.07) is 6.26. The maximum atomic E-state index is 12.5. The van der Waals surface area contributed by atoms with Gasteiger partial charge in [-0.3, -0.25) is 4.79 Å². The zero-order chi connectivity index (χ0) is 14.8. The van der Waals surface area contributed by atoms with Gasteiger partial charge in [0.05, 0.1) is 5.56 Å². The molecule has 1 saturated heterocycles. The van der Waals surface area contributed by atoms with E-state index in [1.54, 1.807) is 0 Å². The molecular weight excluding hydrogens is 333 g/mol. The molecule has 1 saturated carbocycles. The minimum Gasteiger partial charge on any atom is -0.371 e. The number of halogens is 2. The quantitative estimate of drug-likeness (QED) is 0.849. The first-order chi connectivity index (χ1) is 10.1. The molecule has 0 aromatic heterocycles. The van der Waals surface area contributed by atoms with Crippen molar-refractivity contribution in [1.82, 2.24) is 5.32 Å². The van der Waals surface area contributed by atoms with Crippen LogP contribution in [-0.2, 0) is 0 Å². The standard InChI is InChI=1S/C17H25N3O.2ClH/c1-12-4-7-16(20-8-2-3-9-20)14(10-12)17(21)19-11-15(18)13-5-6-13;;/h4,7,10,13,15H,2-3,5-6,8-9,11,18H2,1H3,(H,19,21);2*1H. The van der Waals surface area contributed by atoms with Crippen LogP contribution in [0.3, 0.4) is 0 Å². The first-order valence-electron chi connectivity index (χ1n) is 8.04. The number of amides is 1. The molecule has 1 aliphatic heterocycles. The van der Waals surface area contributed by atoms with Crippen molar-refractivity contribution < 1.29 is 4.79 Å². The molecule has 1 aromatic carbocycles. The minimum absolute atomic E-state index is 0. The van der Waals surface area contributed by atoms with Gasteiger partial charge >= 0.3 is 0 Å². The molecule has 0 bridgehead atoms. The molecule has 1 heterocycles. The summed E-state index contributed by atoms with van der Waals surface area (Å²) < 4.78 is 0. The Morgan fingerprint density at radius 2 is 1.96 bits per heavy atom. The normalized spacial score (nSPS) is 17.9. The summed E-state index contributed by atoms with van der Waals surface area (Å²) in [6.45, 7) is 4.70. The summed E-state index contributed by atoms with van der Waals surface area (Å²) in [5.74, 6) is 0.623. The monoisotopic (exact) mass is 359 g/mol. The second kappa shape index (κ2) is 8.76. The van der Waals surface area contributed by atoms with Crippen LogP contribution in [-0.4, -0.2) is 31.6 Å². The molecule has 1 atom stereocenters. The fourth-order valence-corrected chi connectivity index (χ4v) is 3.06.